The number of para-hydroxylation sites is 2. The molecule has 1 aromatic heterocycles. The Morgan fingerprint density at radius 3 is 2.57 bits per heavy atom. The second-order valence-corrected chi connectivity index (χ2v) is 7.44. The van der Waals surface area contributed by atoms with E-state index in [-0.39, 0.29) is 12.5 Å². The molecule has 0 fully saturated rings. The van der Waals surface area contributed by atoms with E-state index in [0.717, 1.165) is 16.6 Å². The van der Waals surface area contributed by atoms with Crippen LogP contribution >= 0.6 is 27.3 Å². The third-order valence-electron chi connectivity index (χ3n) is 2.99. The summed E-state index contributed by atoms with van der Waals surface area (Å²) < 4.78 is 12.3. The minimum Gasteiger partial charge on any atom is -0.490 e. The van der Waals surface area contributed by atoms with Gasteiger partial charge in [-0.05, 0) is 53.0 Å². The number of carbonyl (C=O) groups excluding carboxylic acids is 1. The van der Waals surface area contributed by atoms with Gasteiger partial charge in [-0.3, -0.25) is 4.79 Å². The van der Waals surface area contributed by atoms with E-state index in [2.05, 4.69) is 27.3 Å². The van der Waals surface area contributed by atoms with Crippen molar-refractivity contribution in [2.45, 2.75) is 19.8 Å². The molecule has 0 saturated heterocycles. The SMILES string of the molecule is CCCOc1ccccc1OCC(=O)NCCc1ccc(Br)s1. The van der Waals surface area contributed by atoms with E-state index in [1.54, 1.807) is 17.4 Å². The standard InChI is InChI=1S/C17H20BrNO3S/c1-2-11-21-14-5-3-4-6-15(14)22-12-17(20)19-10-9-13-7-8-16(18)23-13/h3-8H,2,9-12H2,1H3,(H,19,20). The first kappa shape index (κ1) is 17.8. The van der Waals surface area contributed by atoms with Crippen molar-refractivity contribution in [2.75, 3.05) is 19.8 Å². The molecular weight excluding hydrogens is 378 g/mol. The van der Waals surface area contributed by atoms with E-state index in [4.69, 9.17) is 9.47 Å². The minimum absolute atomic E-state index is 0.0133. The van der Waals surface area contributed by atoms with Crippen LogP contribution < -0.4 is 14.8 Å². The Hall–Kier alpha value is -1.53. The van der Waals surface area contributed by atoms with Gasteiger partial charge < -0.3 is 14.8 Å². The first-order valence-electron chi connectivity index (χ1n) is 7.54. The summed E-state index contributed by atoms with van der Waals surface area (Å²) in [4.78, 5) is 13.1. The molecule has 23 heavy (non-hydrogen) atoms. The van der Waals surface area contributed by atoms with E-state index in [0.29, 0.717) is 24.7 Å². The molecule has 1 aromatic carbocycles. The van der Waals surface area contributed by atoms with E-state index < -0.39 is 0 Å². The van der Waals surface area contributed by atoms with Crippen molar-refractivity contribution >= 4 is 33.2 Å². The van der Waals surface area contributed by atoms with Crippen molar-refractivity contribution in [3.05, 3.63) is 45.1 Å². The molecule has 124 valence electrons. The lowest BCUT2D eigenvalue weighted by Crippen LogP contribution is -2.30. The number of hydrogen-bond donors (Lipinski definition) is 1. The summed E-state index contributed by atoms with van der Waals surface area (Å²) >= 11 is 5.10. The van der Waals surface area contributed by atoms with E-state index in [1.807, 2.05) is 31.2 Å². The monoisotopic (exact) mass is 397 g/mol. The highest BCUT2D eigenvalue weighted by atomic mass is 79.9. The number of rotatable bonds is 9. The number of hydrogen-bond acceptors (Lipinski definition) is 4. The first-order valence-corrected chi connectivity index (χ1v) is 9.15. The van der Waals surface area contributed by atoms with Gasteiger partial charge in [0.1, 0.15) is 0 Å². The van der Waals surface area contributed by atoms with E-state index >= 15 is 0 Å². The van der Waals surface area contributed by atoms with Gasteiger partial charge in [0.05, 0.1) is 10.4 Å². The number of thiophene rings is 1. The smallest absolute Gasteiger partial charge is 0.257 e. The van der Waals surface area contributed by atoms with Crippen molar-refractivity contribution < 1.29 is 14.3 Å². The van der Waals surface area contributed by atoms with Crippen LogP contribution in [0.1, 0.15) is 18.2 Å². The molecule has 2 aromatic rings. The highest BCUT2D eigenvalue weighted by Gasteiger charge is 2.07. The van der Waals surface area contributed by atoms with Crippen LogP contribution in [0.25, 0.3) is 0 Å². The topological polar surface area (TPSA) is 47.6 Å². The first-order chi connectivity index (χ1) is 11.2. The van der Waals surface area contributed by atoms with Gasteiger partial charge in [0, 0.05) is 11.4 Å². The third-order valence-corrected chi connectivity index (χ3v) is 4.68. The van der Waals surface area contributed by atoms with Crippen molar-refractivity contribution in [2.24, 2.45) is 0 Å². The lowest BCUT2D eigenvalue weighted by atomic mass is 10.3. The van der Waals surface area contributed by atoms with Crippen LogP contribution in [0, 0.1) is 0 Å². The lowest BCUT2D eigenvalue weighted by Gasteiger charge is -2.12. The average Bonchev–Trinajstić information content (AvgIpc) is 2.97. The van der Waals surface area contributed by atoms with Crippen molar-refractivity contribution in [3.8, 4) is 11.5 Å². The van der Waals surface area contributed by atoms with Gasteiger partial charge in [0.25, 0.3) is 5.91 Å². The lowest BCUT2D eigenvalue weighted by molar-refractivity contribution is -0.123. The summed E-state index contributed by atoms with van der Waals surface area (Å²) in [6, 6.07) is 11.5. The van der Waals surface area contributed by atoms with Crippen LogP contribution in [0.3, 0.4) is 0 Å². The third kappa shape index (κ3) is 6.23. The minimum atomic E-state index is -0.133. The van der Waals surface area contributed by atoms with Gasteiger partial charge in [0.15, 0.2) is 18.1 Å². The molecule has 4 nitrogen and oxygen atoms in total. The second kappa shape index (κ2) is 9.57. The molecule has 2 rings (SSSR count). The summed E-state index contributed by atoms with van der Waals surface area (Å²) in [7, 11) is 0. The van der Waals surface area contributed by atoms with Crippen LogP contribution in [0.15, 0.2) is 40.2 Å². The number of carbonyl (C=O) groups is 1. The maximum atomic E-state index is 11.9. The summed E-state index contributed by atoms with van der Waals surface area (Å²) in [5.74, 6) is 1.13. The highest BCUT2D eigenvalue weighted by molar-refractivity contribution is 9.11. The molecule has 6 heteroatoms. The van der Waals surface area contributed by atoms with Crippen molar-refractivity contribution in [3.63, 3.8) is 0 Å². The molecule has 0 radical (unpaired) electrons. The fourth-order valence-electron chi connectivity index (χ4n) is 1.91. The molecular formula is C17H20BrNO3S. The zero-order chi connectivity index (χ0) is 16.5. The summed E-state index contributed by atoms with van der Waals surface area (Å²) in [5, 5.41) is 2.86. The molecule has 1 N–H and O–H groups in total. The van der Waals surface area contributed by atoms with Crippen LogP contribution in [-0.2, 0) is 11.2 Å². The number of halogens is 1. The van der Waals surface area contributed by atoms with Gasteiger partial charge in [0.2, 0.25) is 0 Å². The Labute approximate surface area is 148 Å². The Morgan fingerprint density at radius 1 is 1.17 bits per heavy atom. The summed E-state index contributed by atoms with van der Waals surface area (Å²) in [6.07, 6.45) is 1.74. The molecule has 0 bridgehead atoms. The maximum absolute atomic E-state index is 11.9. The Kier molecular flexibility index (Phi) is 7.42. The molecule has 0 saturated carbocycles. The quantitative estimate of drug-likeness (QED) is 0.694. The van der Waals surface area contributed by atoms with Crippen molar-refractivity contribution in [1.82, 2.24) is 5.32 Å². The predicted octanol–water partition coefficient (Wildman–Crippen LogP) is 4.04. The fourth-order valence-corrected chi connectivity index (χ4v) is 3.39. The van der Waals surface area contributed by atoms with Crippen LogP contribution in [0.4, 0.5) is 0 Å². The number of amides is 1. The fraction of sp³-hybridized carbons (Fsp3) is 0.353. The van der Waals surface area contributed by atoms with Gasteiger partial charge >= 0.3 is 0 Å². The van der Waals surface area contributed by atoms with Gasteiger partial charge in [-0.25, -0.2) is 0 Å². The predicted molar refractivity (Wildman–Crippen MR) is 96.5 cm³/mol. The van der Waals surface area contributed by atoms with Gasteiger partial charge in [-0.2, -0.15) is 0 Å². The summed E-state index contributed by atoms with van der Waals surface area (Å²) in [6.45, 7) is 3.26. The molecule has 0 aliphatic heterocycles. The molecule has 0 unspecified atom stereocenters. The molecule has 0 aliphatic carbocycles. The zero-order valence-corrected chi connectivity index (χ0v) is 15.4. The Balaban J connectivity index is 1.73. The maximum Gasteiger partial charge on any atom is 0.257 e. The van der Waals surface area contributed by atoms with Gasteiger partial charge in [-0.15, -0.1) is 11.3 Å². The largest absolute Gasteiger partial charge is 0.490 e. The van der Waals surface area contributed by atoms with Crippen molar-refractivity contribution in [1.29, 1.82) is 0 Å². The Morgan fingerprint density at radius 2 is 1.91 bits per heavy atom. The molecule has 1 heterocycles. The van der Waals surface area contributed by atoms with Crippen LogP contribution in [0.2, 0.25) is 0 Å². The molecule has 0 atom stereocenters. The van der Waals surface area contributed by atoms with Crippen LogP contribution in [-0.4, -0.2) is 25.7 Å². The molecule has 0 spiro atoms. The highest BCUT2D eigenvalue weighted by Crippen LogP contribution is 2.26. The van der Waals surface area contributed by atoms with Gasteiger partial charge in [-0.1, -0.05) is 19.1 Å². The van der Waals surface area contributed by atoms with E-state index in [9.17, 15) is 4.79 Å². The number of ether oxygens (including phenoxy) is 2. The molecule has 0 aliphatic rings. The molecule has 1 amide bonds. The zero-order valence-electron chi connectivity index (χ0n) is 13.0. The van der Waals surface area contributed by atoms with Crippen LogP contribution in [0.5, 0.6) is 11.5 Å². The number of nitrogens with one attached hydrogen (secondary N) is 1. The normalized spacial score (nSPS) is 10.3. The second-order valence-electron chi connectivity index (χ2n) is 4.89. The van der Waals surface area contributed by atoms with E-state index in [1.165, 1.54) is 4.88 Å². The Bertz CT molecular complexity index is 630. The average molecular weight is 398 g/mol. The summed E-state index contributed by atoms with van der Waals surface area (Å²) in [5.41, 5.74) is 0. The number of benzene rings is 1.